The summed E-state index contributed by atoms with van der Waals surface area (Å²) in [6, 6.07) is 0. The highest BCUT2D eigenvalue weighted by Gasteiger charge is 2.37. The molecule has 5 heteroatoms. The largest absolute Gasteiger partial charge is 0.459 e. The molecule has 4 atom stereocenters. The van der Waals surface area contributed by atoms with E-state index in [1.54, 1.807) is 12.2 Å². The van der Waals surface area contributed by atoms with Crippen molar-refractivity contribution in [3.63, 3.8) is 0 Å². The number of carbonyl (C=O) groups is 1. The fourth-order valence-electron chi connectivity index (χ4n) is 2.30. The van der Waals surface area contributed by atoms with Crippen molar-refractivity contribution < 1.29 is 24.1 Å². The zero-order chi connectivity index (χ0) is 13.3. The number of ether oxygens (including phenoxy) is 3. The van der Waals surface area contributed by atoms with Crippen molar-refractivity contribution in [2.75, 3.05) is 0 Å². The van der Waals surface area contributed by atoms with E-state index in [4.69, 9.17) is 14.2 Å². The summed E-state index contributed by atoms with van der Waals surface area (Å²) < 4.78 is 16.3. The van der Waals surface area contributed by atoms with Gasteiger partial charge in [-0.1, -0.05) is 12.2 Å². The Morgan fingerprint density at radius 3 is 2.67 bits per heavy atom. The van der Waals surface area contributed by atoms with Gasteiger partial charge in [0, 0.05) is 6.42 Å². The van der Waals surface area contributed by atoms with Crippen LogP contribution in [-0.4, -0.2) is 41.3 Å². The summed E-state index contributed by atoms with van der Waals surface area (Å²) in [6.07, 6.45) is 2.87. The van der Waals surface area contributed by atoms with Gasteiger partial charge in [0.15, 0.2) is 5.79 Å². The quantitative estimate of drug-likeness (QED) is 0.606. The summed E-state index contributed by atoms with van der Waals surface area (Å²) in [6.45, 7) is 5.63. The Bertz CT molecular complexity index is 349. The van der Waals surface area contributed by atoms with Crippen LogP contribution in [-0.2, 0) is 19.0 Å². The maximum Gasteiger partial charge on any atom is 0.306 e. The van der Waals surface area contributed by atoms with E-state index in [2.05, 4.69) is 0 Å². The van der Waals surface area contributed by atoms with Gasteiger partial charge >= 0.3 is 5.97 Å². The van der Waals surface area contributed by atoms with Crippen molar-refractivity contribution in [1.82, 2.24) is 0 Å². The highest BCUT2D eigenvalue weighted by Crippen LogP contribution is 2.28. The van der Waals surface area contributed by atoms with Crippen LogP contribution < -0.4 is 0 Å². The first kappa shape index (κ1) is 13.5. The van der Waals surface area contributed by atoms with E-state index in [1.807, 2.05) is 20.8 Å². The maximum atomic E-state index is 11.0. The molecule has 102 valence electrons. The lowest BCUT2D eigenvalue weighted by molar-refractivity contribution is -0.144. The molecule has 2 aliphatic rings. The summed E-state index contributed by atoms with van der Waals surface area (Å²) in [5.41, 5.74) is 0. The second-order valence-corrected chi connectivity index (χ2v) is 5.25. The third-order valence-corrected chi connectivity index (χ3v) is 3.15. The van der Waals surface area contributed by atoms with Gasteiger partial charge in [0.05, 0.1) is 6.10 Å². The number of cyclic esters (lactones) is 1. The van der Waals surface area contributed by atoms with Crippen molar-refractivity contribution >= 4 is 5.97 Å². The molecule has 0 bridgehead atoms. The Balaban J connectivity index is 1.89. The van der Waals surface area contributed by atoms with Gasteiger partial charge < -0.3 is 19.3 Å². The van der Waals surface area contributed by atoms with Crippen molar-refractivity contribution in [2.45, 2.75) is 63.8 Å². The normalized spacial score (nSPS) is 37.1. The van der Waals surface area contributed by atoms with Gasteiger partial charge in [0.1, 0.15) is 18.3 Å². The van der Waals surface area contributed by atoms with Crippen LogP contribution in [0.2, 0.25) is 0 Å². The smallest absolute Gasteiger partial charge is 0.306 e. The molecule has 2 rings (SSSR count). The predicted molar refractivity (Wildman–Crippen MR) is 63.8 cm³/mol. The number of rotatable bonds is 3. The minimum absolute atomic E-state index is 0.0606. The molecule has 2 fully saturated rings. The highest BCUT2D eigenvalue weighted by molar-refractivity contribution is 5.71. The van der Waals surface area contributed by atoms with Crippen LogP contribution in [0.3, 0.4) is 0 Å². The second kappa shape index (κ2) is 4.99. The second-order valence-electron chi connectivity index (χ2n) is 5.25. The molecule has 0 amide bonds. The molecule has 2 saturated heterocycles. The summed E-state index contributed by atoms with van der Waals surface area (Å²) in [7, 11) is 0. The van der Waals surface area contributed by atoms with E-state index in [0.717, 1.165) is 0 Å². The van der Waals surface area contributed by atoms with Gasteiger partial charge in [0.25, 0.3) is 0 Å². The van der Waals surface area contributed by atoms with E-state index in [-0.39, 0.29) is 18.2 Å². The monoisotopic (exact) mass is 256 g/mol. The SMILES string of the molecule is C[C@@H]1OC(C)(C)O[C@@H]1/C=C/[C@@H](O)[C@H]1CCC(=O)O1. The maximum absolute atomic E-state index is 11.0. The molecule has 2 heterocycles. The molecule has 0 aromatic carbocycles. The van der Waals surface area contributed by atoms with Crippen LogP contribution >= 0.6 is 0 Å². The summed E-state index contributed by atoms with van der Waals surface area (Å²) in [4.78, 5) is 11.0. The fraction of sp³-hybridized carbons (Fsp3) is 0.769. The first-order valence-electron chi connectivity index (χ1n) is 6.29. The average molecular weight is 256 g/mol. The van der Waals surface area contributed by atoms with Crippen LogP contribution in [0.4, 0.5) is 0 Å². The standard InChI is InChI=1S/C13H20O5/c1-8-10(18-13(2,3)17-8)5-4-9(14)11-6-7-12(15)16-11/h4-5,8-11,14H,6-7H2,1-3H3/b5-4+/t8-,9+,10+,11+/m0/s1. The van der Waals surface area contributed by atoms with Crippen LogP contribution in [0, 0.1) is 0 Å². The first-order valence-corrected chi connectivity index (χ1v) is 6.29. The zero-order valence-electron chi connectivity index (χ0n) is 11.0. The van der Waals surface area contributed by atoms with Gasteiger partial charge in [-0.3, -0.25) is 4.79 Å². The van der Waals surface area contributed by atoms with E-state index in [0.29, 0.717) is 12.8 Å². The minimum atomic E-state index is -0.782. The lowest BCUT2D eigenvalue weighted by Gasteiger charge is -2.16. The van der Waals surface area contributed by atoms with E-state index in [1.165, 1.54) is 0 Å². The van der Waals surface area contributed by atoms with Gasteiger partial charge in [-0.05, 0) is 27.2 Å². The molecule has 1 N–H and O–H groups in total. The van der Waals surface area contributed by atoms with Crippen molar-refractivity contribution in [3.8, 4) is 0 Å². The van der Waals surface area contributed by atoms with Crippen molar-refractivity contribution in [1.29, 1.82) is 0 Å². The van der Waals surface area contributed by atoms with Gasteiger partial charge in [0.2, 0.25) is 0 Å². The van der Waals surface area contributed by atoms with Crippen molar-refractivity contribution in [3.05, 3.63) is 12.2 Å². The Morgan fingerprint density at radius 2 is 2.17 bits per heavy atom. The number of hydrogen-bond acceptors (Lipinski definition) is 5. The predicted octanol–water partition coefficient (Wildman–Crippen LogP) is 1.15. The van der Waals surface area contributed by atoms with Crippen LogP contribution in [0.15, 0.2) is 12.2 Å². The molecular weight excluding hydrogens is 236 g/mol. The molecule has 0 aromatic rings. The topological polar surface area (TPSA) is 65.0 Å². The van der Waals surface area contributed by atoms with Crippen LogP contribution in [0.1, 0.15) is 33.6 Å². The molecule has 18 heavy (non-hydrogen) atoms. The number of hydrogen-bond donors (Lipinski definition) is 1. The van der Waals surface area contributed by atoms with E-state index >= 15 is 0 Å². The summed E-state index contributed by atoms with van der Waals surface area (Å²) >= 11 is 0. The fourth-order valence-corrected chi connectivity index (χ4v) is 2.30. The molecular formula is C13H20O5. The zero-order valence-corrected chi connectivity index (χ0v) is 11.0. The number of esters is 1. The van der Waals surface area contributed by atoms with E-state index in [9.17, 15) is 9.90 Å². The lowest BCUT2D eigenvalue weighted by atomic mass is 10.1. The van der Waals surface area contributed by atoms with Gasteiger partial charge in [-0.15, -0.1) is 0 Å². The average Bonchev–Trinajstić information content (AvgIpc) is 2.79. The molecule has 0 unspecified atom stereocenters. The molecule has 0 saturated carbocycles. The first-order chi connectivity index (χ1) is 8.37. The van der Waals surface area contributed by atoms with Gasteiger partial charge in [-0.2, -0.15) is 0 Å². The Morgan fingerprint density at radius 1 is 1.44 bits per heavy atom. The van der Waals surface area contributed by atoms with Crippen LogP contribution in [0.25, 0.3) is 0 Å². The molecule has 0 radical (unpaired) electrons. The molecule has 0 aromatic heterocycles. The third-order valence-electron chi connectivity index (χ3n) is 3.15. The number of carbonyl (C=O) groups excluding carboxylic acids is 1. The number of aliphatic hydroxyl groups excluding tert-OH is 1. The molecule has 2 aliphatic heterocycles. The van der Waals surface area contributed by atoms with E-state index < -0.39 is 18.0 Å². The Hall–Kier alpha value is -0.910. The minimum Gasteiger partial charge on any atom is -0.459 e. The van der Waals surface area contributed by atoms with Crippen LogP contribution in [0.5, 0.6) is 0 Å². The van der Waals surface area contributed by atoms with Gasteiger partial charge in [-0.25, -0.2) is 0 Å². The molecule has 5 nitrogen and oxygen atoms in total. The Labute approximate surface area is 107 Å². The van der Waals surface area contributed by atoms with Crippen molar-refractivity contribution in [2.24, 2.45) is 0 Å². The molecule has 0 aliphatic carbocycles. The third kappa shape index (κ3) is 3.10. The number of aliphatic hydroxyl groups is 1. The highest BCUT2D eigenvalue weighted by atomic mass is 16.7. The summed E-state index contributed by atoms with van der Waals surface area (Å²) in [5, 5.41) is 9.88. The Kier molecular flexibility index (Phi) is 3.75. The lowest BCUT2D eigenvalue weighted by Crippen LogP contribution is -2.25. The summed E-state index contributed by atoms with van der Waals surface area (Å²) in [5.74, 6) is -0.846. The molecule has 0 spiro atoms.